The van der Waals surface area contributed by atoms with Gasteiger partial charge in [-0.2, -0.15) is 0 Å². The van der Waals surface area contributed by atoms with Gasteiger partial charge in [0.15, 0.2) is 0 Å². The van der Waals surface area contributed by atoms with Crippen LogP contribution >= 0.6 is 0 Å². The van der Waals surface area contributed by atoms with Crippen molar-refractivity contribution >= 4 is 5.91 Å². The first-order valence-electron chi connectivity index (χ1n) is 7.82. The fourth-order valence-electron chi connectivity index (χ4n) is 2.96. The summed E-state index contributed by atoms with van der Waals surface area (Å²) in [6.07, 6.45) is 2.95. The van der Waals surface area contributed by atoms with E-state index in [2.05, 4.69) is 17.6 Å². The predicted molar refractivity (Wildman–Crippen MR) is 82.3 cm³/mol. The van der Waals surface area contributed by atoms with Gasteiger partial charge in [0.05, 0.1) is 6.04 Å². The lowest BCUT2D eigenvalue weighted by Gasteiger charge is -2.28. The van der Waals surface area contributed by atoms with E-state index in [1.807, 2.05) is 6.92 Å². The van der Waals surface area contributed by atoms with Crippen LogP contribution in [0.2, 0.25) is 0 Å². The van der Waals surface area contributed by atoms with Gasteiger partial charge in [0.2, 0.25) is 5.91 Å². The van der Waals surface area contributed by atoms with Crippen LogP contribution in [0.5, 0.6) is 0 Å². The van der Waals surface area contributed by atoms with Crippen LogP contribution in [0.15, 0.2) is 24.3 Å². The van der Waals surface area contributed by atoms with Crippen LogP contribution in [0.4, 0.5) is 4.39 Å². The van der Waals surface area contributed by atoms with Crippen LogP contribution in [0.25, 0.3) is 0 Å². The maximum atomic E-state index is 12.9. The molecule has 0 spiro atoms. The molecule has 0 aromatic heterocycles. The molecule has 0 aliphatic carbocycles. The van der Waals surface area contributed by atoms with Crippen molar-refractivity contribution in [1.82, 2.24) is 10.6 Å². The second-order valence-electron chi connectivity index (χ2n) is 6.13. The van der Waals surface area contributed by atoms with Crippen molar-refractivity contribution in [3.63, 3.8) is 0 Å². The number of hydrogen-bond donors (Lipinski definition) is 2. The van der Waals surface area contributed by atoms with Crippen LogP contribution in [-0.4, -0.2) is 19.0 Å². The van der Waals surface area contributed by atoms with Gasteiger partial charge in [0.1, 0.15) is 5.82 Å². The summed E-state index contributed by atoms with van der Waals surface area (Å²) in [6.45, 7) is 6.19. The molecule has 1 aliphatic heterocycles. The van der Waals surface area contributed by atoms with Gasteiger partial charge in [-0.05, 0) is 62.4 Å². The molecule has 116 valence electrons. The number of nitrogens with one attached hydrogen (secondary N) is 2. The smallest absolute Gasteiger partial charge is 0.220 e. The minimum Gasteiger partial charge on any atom is -0.350 e. The van der Waals surface area contributed by atoms with E-state index in [1.54, 1.807) is 12.1 Å². The highest BCUT2D eigenvalue weighted by Gasteiger charge is 2.22. The lowest BCUT2D eigenvalue weighted by molar-refractivity contribution is -0.123. The summed E-state index contributed by atoms with van der Waals surface area (Å²) in [5, 5.41) is 6.40. The van der Waals surface area contributed by atoms with Gasteiger partial charge < -0.3 is 10.6 Å². The second kappa shape index (κ2) is 7.55. The number of halogens is 1. The molecule has 3 atom stereocenters. The van der Waals surface area contributed by atoms with Crippen LogP contribution in [0.1, 0.15) is 44.7 Å². The third-order valence-corrected chi connectivity index (χ3v) is 4.39. The molecule has 0 radical (unpaired) electrons. The molecule has 1 aromatic carbocycles. The second-order valence-corrected chi connectivity index (χ2v) is 6.13. The number of carbonyl (C=O) groups is 1. The molecule has 1 fully saturated rings. The largest absolute Gasteiger partial charge is 0.350 e. The third-order valence-electron chi connectivity index (χ3n) is 4.39. The Morgan fingerprint density at radius 2 is 2.10 bits per heavy atom. The predicted octanol–water partition coefficient (Wildman–Crippen LogP) is 3.03. The zero-order valence-electron chi connectivity index (χ0n) is 12.9. The van der Waals surface area contributed by atoms with Crippen LogP contribution in [0, 0.1) is 17.7 Å². The minimum absolute atomic E-state index is 0.0740. The van der Waals surface area contributed by atoms with Crippen molar-refractivity contribution in [3.8, 4) is 0 Å². The zero-order chi connectivity index (χ0) is 15.2. The summed E-state index contributed by atoms with van der Waals surface area (Å²) in [5.41, 5.74) is 0.928. The van der Waals surface area contributed by atoms with Gasteiger partial charge in [-0.25, -0.2) is 4.39 Å². The van der Waals surface area contributed by atoms with E-state index < -0.39 is 0 Å². The molecule has 3 unspecified atom stereocenters. The first-order valence-corrected chi connectivity index (χ1v) is 7.82. The average Bonchev–Trinajstić information content (AvgIpc) is 2.48. The maximum absolute atomic E-state index is 12.9. The van der Waals surface area contributed by atoms with Crippen LogP contribution in [0.3, 0.4) is 0 Å². The fourth-order valence-corrected chi connectivity index (χ4v) is 2.96. The average molecular weight is 292 g/mol. The number of rotatable bonds is 5. The Hall–Kier alpha value is -1.42. The Bertz CT molecular complexity index is 454. The topological polar surface area (TPSA) is 41.1 Å². The van der Waals surface area contributed by atoms with E-state index in [4.69, 9.17) is 0 Å². The lowest BCUT2D eigenvalue weighted by atomic mass is 9.85. The Morgan fingerprint density at radius 3 is 2.71 bits per heavy atom. The van der Waals surface area contributed by atoms with Crippen LogP contribution in [-0.2, 0) is 4.79 Å². The number of amides is 1. The van der Waals surface area contributed by atoms with E-state index in [9.17, 15) is 9.18 Å². The van der Waals surface area contributed by atoms with E-state index in [-0.39, 0.29) is 17.8 Å². The highest BCUT2D eigenvalue weighted by molar-refractivity contribution is 5.76. The first-order chi connectivity index (χ1) is 10.1. The number of piperidine rings is 1. The number of benzene rings is 1. The molecule has 0 bridgehead atoms. The summed E-state index contributed by atoms with van der Waals surface area (Å²) >= 11 is 0. The normalized spacial score (nSPS) is 21.6. The van der Waals surface area contributed by atoms with E-state index in [0.29, 0.717) is 18.3 Å². The van der Waals surface area contributed by atoms with Crippen molar-refractivity contribution < 1.29 is 9.18 Å². The molecule has 1 aromatic rings. The first kappa shape index (κ1) is 16.0. The van der Waals surface area contributed by atoms with E-state index in [1.165, 1.54) is 25.0 Å². The standard InChI is InChI=1S/C17H25FN2O/c1-12(15-4-3-9-19-11-15)10-17(21)20-13(2)14-5-7-16(18)8-6-14/h5-8,12-13,15,19H,3-4,9-11H2,1-2H3,(H,20,21). The lowest BCUT2D eigenvalue weighted by Crippen LogP contribution is -2.36. The molecule has 1 heterocycles. The van der Waals surface area contributed by atoms with Gasteiger partial charge >= 0.3 is 0 Å². The molecule has 1 aliphatic rings. The van der Waals surface area contributed by atoms with Crippen molar-refractivity contribution in [3.05, 3.63) is 35.6 Å². The quantitative estimate of drug-likeness (QED) is 0.876. The van der Waals surface area contributed by atoms with Gasteiger partial charge in [-0.3, -0.25) is 4.79 Å². The fraction of sp³-hybridized carbons (Fsp3) is 0.588. The Kier molecular flexibility index (Phi) is 5.74. The molecule has 1 amide bonds. The summed E-state index contributed by atoms with van der Waals surface area (Å²) in [6, 6.07) is 6.20. The maximum Gasteiger partial charge on any atom is 0.220 e. The minimum atomic E-state index is -0.254. The zero-order valence-corrected chi connectivity index (χ0v) is 12.9. The third kappa shape index (κ3) is 4.81. The van der Waals surface area contributed by atoms with Crippen molar-refractivity contribution in [2.24, 2.45) is 11.8 Å². The Morgan fingerprint density at radius 1 is 1.38 bits per heavy atom. The summed E-state index contributed by atoms with van der Waals surface area (Å²) in [4.78, 5) is 12.1. The van der Waals surface area contributed by atoms with Gasteiger partial charge in [-0.15, -0.1) is 0 Å². The van der Waals surface area contributed by atoms with Crippen molar-refractivity contribution in [2.75, 3.05) is 13.1 Å². The molecule has 4 heteroatoms. The highest BCUT2D eigenvalue weighted by Crippen LogP contribution is 2.23. The van der Waals surface area contributed by atoms with Gasteiger partial charge in [-0.1, -0.05) is 19.1 Å². The SMILES string of the molecule is CC(NC(=O)CC(C)C1CCCNC1)c1ccc(F)cc1. The van der Waals surface area contributed by atoms with E-state index >= 15 is 0 Å². The molecule has 1 saturated heterocycles. The summed E-state index contributed by atoms with van der Waals surface area (Å²) < 4.78 is 12.9. The van der Waals surface area contributed by atoms with E-state index in [0.717, 1.165) is 18.7 Å². The van der Waals surface area contributed by atoms with Crippen LogP contribution < -0.4 is 10.6 Å². The van der Waals surface area contributed by atoms with Gasteiger partial charge in [0.25, 0.3) is 0 Å². The number of hydrogen-bond acceptors (Lipinski definition) is 2. The number of carbonyl (C=O) groups excluding carboxylic acids is 1. The van der Waals surface area contributed by atoms with Crippen molar-refractivity contribution in [1.29, 1.82) is 0 Å². The van der Waals surface area contributed by atoms with Gasteiger partial charge in [0, 0.05) is 6.42 Å². The molecule has 3 nitrogen and oxygen atoms in total. The molecular formula is C17H25FN2O. The molecule has 0 saturated carbocycles. The summed E-state index contributed by atoms with van der Waals surface area (Å²) in [7, 11) is 0. The monoisotopic (exact) mass is 292 g/mol. The molecule has 2 rings (SSSR count). The highest BCUT2D eigenvalue weighted by atomic mass is 19.1. The van der Waals surface area contributed by atoms with Crippen molar-refractivity contribution in [2.45, 2.75) is 39.2 Å². The summed E-state index contributed by atoms with van der Waals surface area (Å²) in [5.74, 6) is 0.796. The molecule has 21 heavy (non-hydrogen) atoms. The Labute approximate surface area is 126 Å². The molecular weight excluding hydrogens is 267 g/mol. The Balaban J connectivity index is 1.81. The molecule has 2 N–H and O–H groups in total.